The second kappa shape index (κ2) is 26.4. The largest absolute Gasteiger partial charge is 0.344 e. The highest BCUT2D eigenvalue weighted by atomic mass is 35.5. The summed E-state index contributed by atoms with van der Waals surface area (Å²) in [7, 11) is 4.34. The van der Waals surface area contributed by atoms with Gasteiger partial charge in [0.05, 0.1) is 0 Å². The Hall–Kier alpha value is 0.500. The molecule has 0 aromatic heterocycles. The molecule has 3 N–H and O–H groups in total. The first-order valence-electron chi connectivity index (χ1n) is 8.92. The van der Waals surface area contributed by atoms with E-state index in [-0.39, 0.29) is 31.0 Å². The van der Waals surface area contributed by atoms with Crippen LogP contribution in [-0.2, 0) is 0 Å². The molecule has 0 aliphatic rings. The molecule has 0 fully saturated rings. The molecule has 22 heavy (non-hydrogen) atoms. The minimum Gasteiger partial charge on any atom is -0.344 e. The predicted octanol–water partition coefficient (Wildman–Crippen LogP) is 7.03. The quantitative estimate of drug-likeness (QED) is 0.319. The molecule has 0 unspecified atom stereocenters. The molecule has 0 saturated heterocycles. The normalized spacial score (nSPS) is 9.82. The number of unbranched alkanes of at least 4 members (excludes halogenated alkanes) is 13. The molecular weight excluding hydrogens is 315 g/mol. The van der Waals surface area contributed by atoms with E-state index in [0.29, 0.717) is 0 Å². The molecule has 0 aromatic rings. The Morgan fingerprint density at radius 2 is 0.773 bits per heavy atom. The van der Waals surface area contributed by atoms with Crippen LogP contribution in [0.5, 0.6) is 0 Å². The van der Waals surface area contributed by atoms with Crippen molar-refractivity contribution in [2.75, 3.05) is 20.6 Å². The molecule has 0 radical (unpaired) electrons. The van der Waals surface area contributed by atoms with Crippen molar-refractivity contribution in [1.82, 2.24) is 11.1 Å². The summed E-state index contributed by atoms with van der Waals surface area (Å²) in [5, 5.41) is 0. The van der Waals surface area contributed by atoms with Gasteiger partial charge in [0, 0.05) is 0 Å². The van der Waals surface area contributed by atoms with Gasteiger partial charge in [0.25, 0.3) is 0 Å². The van der Waals surface area contributed by atoms with Gasteiger partial charge in [-0.15, -0.1) is 24.8 Å². The fourth-order valence-electron chi connectivity index (χ4n) is 2.62. The summed E-state index contributed by atoms with van der Waals surface area (Å²) in [6, 6.07) is 0. The van der Waals surface area contributed by atoms with Crippen LogP contribution in [-0.4, -0.2) is 25.5 Å². The van der Waals surface area contributed by atoms with Crippen molar-refractivity contribution in [3.63, 3.8) is 0 Å². The van der Waals surface area contributed by atoms with E-state index in [1.807, 2.05) is 0 Å². The Balaban J connectivity index is -0.000000540. The molecule has 0 rings (SSSR count). The van der Waals surface area contributed by atoms with Crippen molar-refractivity contribution in [1.29, 1.82) is 0 Å². The number of hydrogen-bond donors (Lipinski definition) is 1. The van der Waals surface area contributed by atoms with E-state index < -0.39 is 0 Å². The summed E-state index contributed by atoms with van der Waals surface area (Å²) in [5.74, 6) is 0. The average Bonchev–Trinajstić information content (AvgIpc) is 2.39. The van der Waals surface area contributed by atoms with Gasteiger partial charge in [-0.05, 0) is 27.1 Å². The van der Waals surface area contributed by atoms with Crippen molar-refractivity contribution in [2.45, 2.75) is 96.8 Å². The van der Waals surface area contributed by atoms with E-state index in [1.54, 1.807) is 0 Å². The first-order valence-corrected chi connectivity index (χ1v) is 8.92. The zero-order valence-corrected chi connectivity index (χ0v) is 17.2. The highest BCUT2D eigenvalue weighted by Gasteiger charge is 1.94. The molecule has 0 atom stereocenters. The second-order valence-corrected chi connectivity index (χ2v) is 6.40. The summed E-state index contributed by atoms with van der Waals surface area (Å²) < 4.78 is 0. The van der Waals surface area contributed by atoms with E-state index in [1.165, 1.54) is 96.4 Å². The highest BCUT2D eigenvalue weighted by molar-refractivity contribution is 5.85. The number of hydrogen-bond acceptors (Lipinski definition) is 2. The monoisotopic (exact) mass is 358 g/mol. The van der Waals surface area contributed by atoms with Crippen LogP contribution in [0.2, 0.25) is 0 Å². The lowest BCUT2D eigenvalue weighted by Gasteiger charge is -2.08. The Morgan fingerprint density at radius 1 is 0.500 bits per heavy atom. The highest BCUT2D eigenvalue weighted by Crippen LogP contribution is 2.12. The molecule has 0 aliphatic heterocycles. The Morgan fingerprint density at radius 3 is 1.05 bits per heavy atom. The van der Waals surface area contributed by atoms with Crippen LogP contribution in [0.4, 0.5) is 0 Å². The third kappa shape index (κ3) is 28.6. The maximum atomic E-state index is 2.29. The summed E-state index contributed by atoms with van der Waals surface area (Å²) in [4.78, 5) is 2.29. The van der Waals surface area contributed by atoms with Gasteiger partial charge < -0.3 is 11.1 Å². The lowest BCUT2D eigenvalue weighted by Crippen LogP contribution is -2.12. The first kappa shape index (κ1) is 30.4. The molecule has 0 spiro atoms. The minimum absolute atomic E-state index is 0. The molecule has 0 aromatic carbocycles. The van der Waals surface area contributed by atoms with E-state index in [2.05, 4.69) is 25.9 Å². The van der Waals surface area contributed by atoms with Gasteiger partial charge in [0.15, 0.2) is 0 Å². The number of rotatable bonds is 15. The van der Waals surface area contributed by atoms with Gasteiger partial charge in [-0.1, -0.05) is 90.4 Å². The summed E-state index contributed by atoms with van der Waals surface area (Å²) in [5.41, 5.74) is 0. The third-order valence-corrected chi connectivity index (χ3v) is 3.96. The Kier molecular flexibility index (Phi) is 36.5. The van der Waals surface area contributed by atoms with Crippen LogP contribution < -0.4 is 6.15 Å². The zero-order valence-electron chi connectivity index (χ0n) is 15.6. The average molecular weight is 359 g/mol. The van der Waals surface area contributed by atoms with Crippen LogP contribution in [0, 0.1) is 0 Å². The minimum atomic E-state index is 0. The van der Waals surface area contributed by atoms with Gasteiger partial charge in [-0.2, -0.15) is 0 Å². The molecular formula is C18H44Cl2N2. The first-order chi connectivity index (χ1) is 9.27. The summed E-state index contributed by atoms with van der Waals surface area (Å²) in [6.07, 6.45) is 20.3. The smallest absolute Gasteiger partial charge is 0.00248 e. The van der Waals surface area contributed by atoms with Gasteiger partial charge in [-0.3, -0.25) is 0 Å². The lowest BCUT2D eigenvalue weighted by atomic mass is 10.0. The fraction of sp³-hybridized carbons (Fsp3) is 1.00. The van der Waals surface area contributed by atoms with Crippen molar-refractivity contribution in [3.8, 4) is 0 Å². The van der Waals surface area contributed by atoms with E-state index in [9.17, 15) is 0 Å². The van der Waals surface area contributed by atoms with Crippen molar-refractivity contribution in [3.05, 3.63) is 0 Å². The maximum absolute atomic E-state index is 2.29. The molecule has 0 heterocycles. The molecule has 0 aliphatic carbocycles. The standard InChI is InChI=1S/C18H39N.2ClH.H3N/c1-4-5-6-7-8-9-10-11-12-13-14-15-16-17-18-19(2)3;;;/h4-18H2,1-3H3;2*1H;1H3. The van der Waals surface area contributed by atoms with E-state index in [4.69, 9.17) is 0 Å². The van der Waals surface area contributed by atoms with Gasteiger partial charge in [0.1, 0.15) is 0 Å². The Bertz CT molecular complexity index is 167. The predicted molar refractivity (Wildman–Crippen MR) is 108 cm³/mol. The number of nitrogens with zero attached hydrogens (tertiary/aromatic N) is 1. The third-order valence-electron chi connectivity index (χ3n) is 3.96. The van der Waals surface area contributed by atoms with Crippen LogP contribution in [0.15, 0.2) is 0 Å². The Labute approximate surface area is 153 Å². The zero-order chi connectivity index (χ0) is 14.2. The molecule has 0 saturated carbocycles. The SMILES string of the molecule is CCCCCCCCCCCCCCCCN(C)C.Cl.Cl.N. The van der Waals surface area contributed by atoms with E-state index >= 15 is 0 Å². The van der Waals surface area contributed by atoms with E-state index in [0.717, 1.165) is 0 Å². The van der Waals surface area contributed by atoms with Crippen LogP contribution in [0.3, 0.4) is 0 Å². The fourth-order valence-corrected chi connectivity index (χ4v) is 2.62. The molecule has 0 bridgehead atoms. The van der Waals surface area contributed by atoms with Gasteiger partial charge >= 0.3 is 0 Å². The second-order valence-electron chi connectivity index (χ2n) is 6.40. The lowest BCUT2D eigenvalue weighted by molar-refractivity contribution is 0.389. The van der Waals surface area contributed by atoms with Gasteiger partial charge in [-0.25, -0.2) is 0 Å². The van der Waals surface area contributed by atoms with Crippen molar-refractivity contribution >= 4 is 24.8 Å². The maximum Gasteiger partial charge on any atom is -0.00248 e. The number of halogens is 2. The molecule has 2 nitrogen and oxygen atoms in total. The molecule has 140 valence electrons. The van der Waals surface area contributed by atoms with Crippen LogP contribution in [0.1, 0.15) is 96.8 Å². The molecule has 0 amide bonds. The molecule has 4 heteroatoms. The van der Waals surface area contributed by atoms with Crippen molar-refractivity contribution < 1.29 is 0 Å². The van der Waals surface area contributed by atoms with Crippen molar-refractivity contribution in [2.24, 2.45) is 0 Å². The summed E-state index contributed by atoms with van der Waals surface area (Å²) >= 11 is 0. The van der Waals surface area contributed by atoms with Crippen LogP contribution in [0.25, 0.3) is 0 Å². The summed E-state index contributed by atoms with van der Waals surface area (Å²) in [6.45, 7) is 3.55. The van der Waals surface area contributed by atoms with Crippen LogP contribution >= 0.6 is 24.8 Å². The topological polar surface area (TPSA) is 38.2 Å². The van der Waals surface area contributed by atoms with Gasteiger partial charge in [0.2, 0.25) is 0 Å².